The van der Waals surface area contributed by atoms with Crippen LogP contribution in [0, 0.1) is 0 Å². The first-order valence-electron chi connectivity index (χ1n) is 6.04. The number of hydrogen-bond acceptors (Lipinski definition) is 5. The lowest BCUT2D eigenvalue weighted by molar-refractivity contribution is -0.142. The summed E-state index contributed by atoms with van der Waals surface area (Å²) in [5.41, 5.74) is 0.536. The number of thiazole rings is 1. The maximum absolute atomic E-state index is 11.2. The molecule has 0 saturated heterocycles. The number of carboxylic acid groups (broad SMARTS) is 1. The van der Waals surface area contributed by atoms with Crippen LogP contribution in [0.15, 0.2) is 34.5 Å². The Balaban J connectivity index is 2.15. The molecule has 0 spiro atoms. The van der Waals surface area contributed by atoms with E-state index in [9.17, 15) is 9.90 Å². The van der Waals surface area contributed by atoms with Crippen molar-refractivity contribution in [2.45, 2.75) is 24.2 Å². The lowest BCUT2D eigenvalue weighted by Gasteiger charge is -2.15. The van der Waals surface area contributed by atoms with Crippen molar-refractivity contribution in [3.8, 4) is 0 Å². The summed E-state index contributed by atoms with van der Waals surface area (Å²) in [6.45, 7) is 3.31. The zero-order chi connectivity index (χ0) is 14.8. The number of hydrogen-bond donors (Lipinski definition) is 2. The number of nitrogens with one attached hydrogen (secondary N) is 1. The van der Waals surface area contributed by atoms with Crippen LogP contribution in [0.25, 0.3) is 0 Å². The van der Waals surface area contributed by atoms with Gasteiger partial charge in [0.2, 0.25) is 0 Å². The van der Waals surface area contributed by atoms with Gasteiger partial charge in [-0.25, -0.2) is 4.98 Å². The minimum atomic E-state index is -0.973. The summed E-state index contributed by atoms with van der Waals surface area (Å²) in [6, 6.07) is 8.02. The van der Waals surface area contributed by atoms with E-state index in [1.54, 1.807) is 31.0 Å². The fraction of sp³-hybridized carbons (Fsp3) is 0.286. The first kappa shape index (κ1) is 14.9. The summed E-state index contributed by atoms with van der Waals surface area (Å²) in [5.74, 6) is -0.876. The molecule has 0 radical (unpaired) electrons. The second kappa shape index (κ2) is 5.85. The van der Waals surface area contributed by atoms with Gasteiger partial charge < -0.3 is 10.4 Å². The number of benzene rings is 1. The number of anilines is 2. The Bertz CT molecular complexity index is 606. The Kier molecular flexibility index (Phi) is 4.35. The summed E-state index contributed by atoms with van der Waals surface area (Å²) >= 11 is 3.10. The average molecular weight is 308 g/mol. The summed E-state index contributed by atoms with van der Waals surface area (Å²) in [5, 5.41) is 14.9. The minimum absolute atomic E-state index is 0.568. The highest BCUT2D eigenvalue weighted by atomic mass is 32.2. The fourth-order valence-corrected chi connectivity index (χ4v) is 2.83. The van der Waals surface area contributed by atoms with E-state index in [1.807, 2.05) is 30.5 Å². The van der Waals surface area contributed by atoms with Gasteiger partial charge in [0, 0.05) is 16.0 Å². The largest absolute Gasteiger partial charge is 0.481 e. The molecular weight excluding hydrogens is 292 g/mol. The zero-order valence-corrected chi connectivity index (χ0v) is 13.1. The van der Waals surface area contributed by atoms with E-state index in [0.29, 0.717) is 10.8 Å². The van der Waals surface area contributed by atoms with Gasteiger partial charge in [0.1, 0.15) is 5.41 Å². The maximum atomic E-state index is 11.2. The molecule has 0 aliphatic heterocycles. The van der Waals surface area contributed by atoms with Crippen LogP contribution in [0.1, 0.15) is 19.5 Å². The van der Waals surface area contributed by atoms with Crippen LogP contribution >= 0.6 is 23.1 Å². The van der Waals surface area contributed by atoms with Crippen molar-refractivity contribution < 1.29 is 9.90 Å². The van der Waals surface area contributed by atoms with Gasteiger partial charge in [0.25, 0.3) is 0 Å². The molecule has 0 saturated carbocycles. The lowest BCUT2D eigenvalue weighted by atomic mass is 9.90. The van der Waals surface area contributed by atoms with Gasteiger partial charge >= 0.3 is 5.97 Å². The zero-order valence-electron chi connectivity index (χ0n) is 11.5. The van der Waals surface area contributed by atoms with Crippen LogP contribution in [-0.2, 0) is 10.2 Å². The predicted octanol–water partition coefficient (Wildman–Crippen LogP) is 3.97. The second-order valence-corrected chi connectivity index (χ2v) is 6.56. The average Bonchev–Trinajstić information content (AvgIpc) is 2.88. The number of thioether (sulfide) groups is 1. The molecule has 2 aromatic rings. The van der Waals surface area contributed by atoms with Crippen LogP contribution in [0.5, 0.6) is 0 Å². The third kappa shape index (κ3) is 3.13. The topological polar surface area (TPSA) is 62.2 Å². The maximum Gasteiger partial charge on any atom is 0.315 e. The number of rotatable bonds is 5. The Labute approximate surface area is 126 Å². The molecule has 20 heavy (non-hydrogen) atoms. The van der Waals surface area contributed by atoms with Gasteiger partial charge in [0.15, 0.2) is 5.13 Å². The number of aliphatic carboxylic acids is 1. The van der Waals surface area contributed by atoms with E-state index in [1.165, 1.54) is 16.2 Å². The Morgan fingerprint density at radius 2 is 2.00 bits per heavy atom. The van der Waals surface area contributed by atoms with Crippen LogP contribution in [0.3, 0.4) is 0 Å². The molecule has 0 unspecified atom stereocenters. The molecule has 0 aliphatic carbocycles. The molecule has 1 heterocycles. The summed E-state index contributed by atoms with van der Waals surface area (Å²) in [7, 11) is 0. The monoisotopic (exact) mass is 308 g/mol. The van der Waals surface area contributed by atoms with Gasteiger partial charge in [-0.15, -0.1) is 23.1 Å². The van der Waals surface area contributed by atoms with Crippen LogP contribution in [-0.4, -0.2) is 22.3 Å². The Morgan fingerprint density at radius 3 is 2.55 bits per heavy atom. The molecule has 0 bridgehead atoms. The number of carbonyl (C=O) groups is 1. The summed E-state index contributed by atoms with van der Waals surface area (Å²) in [4.78, 5) is 16.8. The first-order valence-corrected chi connectivity index (χ1v) is 8.14. The highest BCUT2D eigenvalue weighted by Crippen LogP contribution is 2.29. The van der Waals surface area contributed by atoms with Crippen molar-refractivity contribution in [2.24, 2.45) is 0 Å². The van der Waals surface area contributed by atoms with Crippen molar-refractivity contribution >= 4 is 39.9 Å². The van der Waals surface area contributed by atoms with E-state index in [2.05, 4.69) is 10.3 Å². The molecule has 4 nitrogen and oxygen atoms in total. The van der Waals surface area contributed by atoms with Gasteiger partial charge in [-0.05, 0) is 44.4 Å². The Hall–Kier alpha value is -1.53. The molecule has 0 fully saturated rings. The molecular formula is C14H16N2O2S2. The standard InChI is InChI=1S/C14H16N2O2S2/c1-14(2,12(17)18)11-8-20-13(16-11)15-9-4-6-10(19-3)7-5-9/h4-8H,1-3H3,(H,15,16)(H,17,18). The second-order valence-electron chi connectivity index (χ2n) is 4.82. The Morgan fingerprint density at radius 1 is 1.35 bits per heavy atom. The molecule has 6 heteroatoms. The summed E-state index contributed by atoms with van der Waals surface area (Å²) < 4.78 is 0. The highest BCUT2D eigenvalue weighted by Gasteiger charge is 2.32. The van der Waals surface area contributed by atoms with Gasteiger partial charge in [-0.1, -0.05) is 0 Å². The molecule has 2 N–H and O–H groups in total. The van der Waals surface area contributed by atoms with Crippen molar-refractivity contribution in [1.29, 1.82) is 0 Å². The molecule has 1 aromatic carbocycles. The molecule has 0 atom stereocenters. The fourth-order valence-electron chi connectivity index (χ4n) is 1.53. The van der Waals surface area contributed by atoms with E-state index >= 15 is 0 Å². The molecule has 0 amide bonds. The third-order valence-electron chi connectivity index (χ3n) is 3.02. The third-order valence-corrected chi connectivity index (χ3v) is 4.52. The van der Waals surface area contributed by atoms with Gasteiger partial charge in [-0.3, -0.25) is 4.79 Å². The predicted molar refractivity (Wildman–Crippen MR) is 84.3 cm³/mol. The van der Waals surface area contributed by atoms with E-state index in [-0.39, 0.29) is 0 Å². The quantitative estimate of drug-likeness (QED) is 0.818. The molecule has 106 valence electrons. The van der Waals surface area contributed by atoms with Crippen molar-refractivity contribution in [3.63, 3.8) is 0 Å². The smallest absolute Gasteiger partial charge is 0.315 e. The number of nitrogens with zero attached hydrogens (tertiary/aromatic N) is 1. The lowest BCUT2D eigenvalue weighted by Crippen LogP contribution is -2.28. The van der Waals surface area contributed by atoms with E-state index in [0.717, 1.165) is 5.69 Å². The number of aromatic nitrogens is 1. The van der Waals surface area contributed by atoms with Crippen molar-refractivity contribution in [3.05, 3.63) is 35.3 Å². The molecule has 1 aromatic heterocycles. The van der Waals surface area contributed by atoms with E-state index in [4.69, 9.17) is 0 Å². The minimum Gasteiger partial charge on any atom is -0.481 e. The number of carboxylic acids is 1. The van der Waals surface area contributed by atoms with E-state index < -0.39 is 11.4 Å². The first-order chi connectivity index (χ1) is 9.43. The SMILES string of the molecule is CSc1ccc(Nc2nc(C(C)(C)C(=O)O)cs2)cc1. The van der Waals surface area contributed by atoms with Crippen LogP contribution in [0.4, 0.5) is 10.8 Å². The summed E-state index contributed by atoms with van der Waals surface area (Å²) in [6.07, 6.45) is 2.03. The van der Waals surface area contributed by atoms with Gasteiger partial charge in [0.05, 0.1) is 5.69 Å². The van der Waals surface area contributed by atoms with Crippen LogP contribution < -0.4 is 5.32 Å². The van der Waals surface area contributed by atoms with Crippen molar-refractivity contribution in [1.82, 2.24) is 4.98 Å². The molecule has 2 rings (SSSR count). The molecule has 0 aliphatic rings. The highest BCUT2D eigenvalue weighted by molar-refractivity contribution is 7.98. The van der Waals surface area contributed by atoms with Crippen LogP contribution in [0.2, 0.25) is 0 Å². The normalized spacial score (nSPS) is 11.3. The van der Waals surface area contributed by atoms with Crippen molar-refractivity contribution in [2.75, 3.05) is 11.6 Å². The van der Waals surface area contributed by atoms with Gasteiger partial charge in [-0.2, -0.15) is 0 Å².